The Morgan fingerprint density at radius 1 is 1.56 bits per heavy atom. The molecule has 0 aliphatic heterocycles. The lowest BCUT2D eigenvalue weighted by molar-refractivity contribution is 0.134. The van der Waals surface area contributed by atoms with Gasteiger partial charge in [-0.05, 0) is 6.42 Å². The summed E-state index contributed by atoms with van der Waals surface area (Å²) in [4.78, 5) is 4.69. The zero-order valence-electron chi connectivity index (χ0n) is 6.02. The molecule has 0 saturated carbocycles. The third kappa shape index (κ3) is 7.50. The van der Waals surface area contributed by atoms with Crippen molar-refractivity contribution < 1.29 is 4.84 Å². The number of unbranched alkanes of at least 4 members (excludes halogenated alkanes) is 2. The maximum absolute atomic E-state index is 4.69. The summed E-state index contributed by atoms with van der Waals surface area (Å²) in [7, 11) is 0. The number of hydroxylamine groups is 1. The molecule has 0 aliphatic carbocycles. The number of hydrogen-bond donors (Lipinski definition) is 1. The van der Waals surface area contributed by atoms with E-state index in [2.05, 4.69) is 19.0 Å². The van der Waals surface area contributed by atoms with Crippen LogP contribution in [-0.4, -0.2) is 6.54 Å². The van der Waals surface area contributed by atoms with Crippen LogP contribution in [0.1, 0.15) is 26.2 Å². The van der Waals surface area contributed by atoms with Gasteiger partial charge in [0.1, 0.15) is 6.26 Å². The molecular formula is C7H15NO. The van der Waals surface area contributed by atoms with Gasteiger partial charge in [-0.15, -0.1) is 0 Å². The van der Waals surface area contributed by atoms with E-state index in [1.54, 1.807) is 0 Å². The Labute approximate surface area is 56.9 Å². The minimum atomic E-state index is 0.917. The van der Waals surface area contributed by atoms with Crippen LogP contribution in [0, 0.1) is 0 Å². The molecule has 0 unspecified atom stereocenters. The molecule has 0 heterocycles. The van der Waals surface area contributed by atoms with Crippen LogP contribution in [0.2, 0.25) is 0 Å². The number of nitrogens with one attached hydrogen (secondary N) is 1. The normalized spacial score (nSPS) is 9.00. The highest BCUT2D eigenvalue weighted by Crippen LogP contribution is 1.90. The van der Waals surface area contributed by atoms with Gasteiger partial charge < -0.3 is 4.84 Å². The van der Waals surface area contributed by atoms with Crippen LogP contribution >= 0.6 is 0 Å². The summed E-state index contributed by atoms with van der Waals surface area (Å²) in [6.07, 6.45) is 5.07. The van der Waals surface area contributed by atoms with E-state index in [9.17, 15) is 0 Å². The van der Waals surface area contributed by atoms with E-state index in [0.29, 0.717) is 0 Å². The molecule has 0 atom stereocenters. The second-order valence-corrected chi connectivity index (χ2v) is 1.89. The van der Waals surface area contributed by atoms with Gasteiger partial charge in [0.2, 0.25) is 0 Å². The Kier molecular flexibility index (Phi) is 7.08. The minimum absolute atomic E-state index is 0.917. The molecule has 0 saturated heterocycles. The molecular weight excluding hydrogens is 114 g/mol. The molecule has 0 bridgehead atoms. The average molecular weight is 129 g/mol. The average Bonchev–Trinajstić information content (AvgIpc) is 1.89. The van der Waals surface area contributed by atoms with Gasteiger partial charge in [0.05, 0.1) is 0 Å². The van der Waals surface area contributed by atoms with E-state index in [4.69, 9.17) is 4.84 Å². The second kappa shape index (κ2) is 7.50. The van der Waals surface area contributed by atoms with Crippen LogP contribution in [0.15, 0.2) is 12.8 Å². The highest BCUT2D eigenvalue weighted by atomic mass is 16.6. The van der Waals surface area contributed by atoms with E-state index < -0.39 is 0 Å². The standard InChI is InChI=1S/C7H15NO/c1-3-5-6-7-8-9-4-2/h4,8H,2-3,5-7H2,1H3. The topological polar surface area (TPSA) is 21.3 Å². The van der Waals surface area contributed by atoms with Gasteiger partial charge in [0, 0.05) is 6.54 Å². The van der Waals surface area contributed by atoms with Gasteiger partial charge in [0.15, 0.2) is 0 Å². The molecule has 0 aliphatic rings. The predicted octanol–water partition coefficient (Wildman–Crippen LogP) is 1.84. The lowest BCUT2D eigenvalue weighted by atomic mass is 10.3. The Bertz CT molecular complexity index is 63.9. The molecule has 1 N–H and O–H groups in total. The Hall–Kier alpha value is -0.500. The van der Waals surface area contributed by atoms with Crippen molar-refractivity contribution >= 4 is 0 Å². The van der Waals surface area contributed by atoms with Crippen LogP contribution in [0.25, 0.3) is 0 Å². The van der Waals surface area contributed by atoms with E-state index in [1.807, 2.05) is 0 Å². The van der Waals surface area contributed by atoms with Gasteiger partial charge in [-0.25, -0.2) is 0 Å². The fourth-order valence-electron chi connectivity index (χ4n) is 0.565. The van der Waals surface area contributed by atoms with E-state index in [1.165, 1.54) is 25.5 Å². The maximum atomic E-state index is 4.69. The number of hydrogen-bond acceptors (Lipinski definition) is 2. The molecule has 9 heavy (non-hydrogen) atoms. The summed E-state index contributed by atoms with van der Waals surface area (Å²) in [5.74, 6) is 0. The van der Waals surface area contributed by atoms with Crippen molar-refractivity contribution in [3.63, 3.8) is 0 Å². The molecule has 0 fully saturated rings. The molecule has 2 nitrogen and oxygen atoms in total. The van der Waals surface area contributed by atoms with Crippen molar-refractivity contribution in [2.45, 2.75) is 26.2 Å². The lowest BCUT2D eigenvalue weighted by Gasteiger charge is -1.99. The van der Waals surface area contributed by atoms with Crippen molar-refractivity contribution in [3.05, 3.63) is 12.8 Å². The molecule has 2 heteroatoms. The maximum Gasteiger partial charge on any atom is 0.104 e. The predicted molar refractivity (Wildman–Crippen MR) is 38.8 cm³/mol. The largest absolute Gasteiger partial charge is 0.417 e. The Balaban J connectivity index is 2.66. The summed E-state index contributed by atoms with van der Waals surface area (Å²) in [6.45, 7) is 6.49. The molecule has 0 amide bonds. The first-order valence-corrected chi connectivity index (χ1v) is 3.41. The smallest absolute Gasteiger partial charge is 0.104 e. The van der Waals surface area contributed by atoms with Crippen LogP contribution in [0.3, 0.4) is 0 Å². The van der Waals surface area contributed by atoms with E-state index in [0.717, 1.165) is 6.54 Å². The first-order valence-electron chi connectivity index (χ1n) is 3.41. The van der Waals surface area contributed by atoms with Crippen molar-refractivity contribution in [1.82, 2.24) is 5.48 Å². The SMILES string of the molecule is C=CONCCCCC. The van der Waals surface area contributed by atoms with Crippen molar-refractivity contribution in [1.29, 1.82) is 0 Å². The Morgan fingerprint density at radius 2 is 2.33 bits per heavy atom. The highest BCUT2D eigenvalue weighted by molar-refractivity contribution is 4.46. The van der Waals surface area contributed by atoms with Crippen LogP contribution < -0.4 is 5.48 Å². The molecule has 0 radical (unpaired) electrons. The summed E-state index contributed by atoms with van der Waals surface area (Å²) >= 11 is 0. The first kappa shape index (κ1) is 8.50. The van der Waals surface area contributed by atoms with Crippen molar-refractivity contribution in [2.24, 2.45) is 0 Å². The summed E-state index contributed by atoms with van der Waals surface area (Å²) < 4.78 is 0. The third-order valence-electron chi connectivity index (χ3n) is 1.05. The second-order valence-electron chi connectivity index (χ2n) is 1.89. The molecule has 0 spiro atoms. The number of rotatable bonds is 6. The van der Waals surface area contributed by atoms with E-state index >= 15 is 0 Å². The van der Waals surface area contributed by atoms with Crippen LogP contribution in [0.4, 0.5) is 0 Å². The summed E-state index contributed by atoms with van der Waals surface area (Å²) in [6, 6.07) is 0. The minimum Gasteiger partial charge on any atom is -0.417 e. The zero-order valence-corrected chi connectivity index (χ0v) is 6.02. The summed E-state index contributed by atoms with van der Waals surface area (Å²) in [5.41, 5.74) is 2.75. The lowest BCUT2D eigenvalue weighted by Crippen LogP contribution is -2.11. The van der Waals surface area contributed by atoms with Crippen LogP contribution in [-0.2, 0) is 4.84 Å². The van der Waals surface area contributed by atoms with Gasteiger partial charge in [-0.3, -0.25) is 0 Å². The quantitative estimate of drug-likeness (QED) is 0.335. The van der Waals surface area contributed by atoms with Crippen LogP contribution in [0.5, 0.6) is 0 Å². The van der Waals surface area contributed by atoms with Crippen molar-refractivity contribution in [2.75, 3.05) is 6.54 Å². The first-order chi connectivity index (χ1) is 4.41. The monoisotopic (exact) mass is 129 g/mol. The molecule has 0 aromatic heterocycles. The van der Waals surface area contributed by atoms with Gasteiger partial charge in [0.25, 0.3) is 0 Å². The Morgan fingerprint density at radius 3 is 2.89 bits per heavy atom. The molecule has 0 rings (SSSR count). The molecule has 0 aromatic carbocycles. The van der Waals surface area contributed by atoms with E-state index in [-0.39, 0.29) is 0 Å². The molecule has 54 valence electrons. The molecule has 0 aromatic rings. The van der Waals surface area contributed by atoms with Gasteiger partial charge in [-0.1, -0.05) is 26.3 Å². The van der Waals surface area contributed by atoms with Crippen molar-refractivity contribution in [3.8, 4) is 0 Å². The fourth-order valence-corrected chi connectivity index (χ4v) is 0.565. The van der Waals surface area contributed by atoms with Gasteiger partial charge >= 0.3 is 0 Å². The highest BCUT2D eigenvalue weighted by Gasteiger charge is 1.82. The van der Waals surface area contributed by atoms with Gasteiger partial charge in [-0.2, -0.15) is 5.48 Å². The third-order valence-corrected chi connectivity index (χ3v) is 1.05. The summed E-state index contributed by atoms with van der Waals surface area (Å²) in [5, 5.41) is 0. The zero-order chi connectivity index (χ0) is 6.95. The fraction of sp³-hybridized carbons (Fsp3) is 0.714.